The number of rotatable bonds is 5. The van der Waals surface area contributed by atoms with Crippen LogP contribution in [0.1, 0.15) is 39.5 Å². The van der Waals surface area contributed by atoms with Crippen LogP contribution < -0.4 is 5.32 Å². The van der Waals surface area contributed by atoms with Gasteiger partial charge in [-0.2, -0.15) is 0 Å². The molecular weight excluding hydrogens is 222 g/mol. The summed E-state index contributed by atoms with van der Waals surface area (Å²) in [7, 11) is -2.79. The maximum Gasteiger partial charge on any atom is 0.147 e. The van der Waals surface area contributed by atoms with Gasteiger partial charge < -0.3 is 5.32 Å². The van der Waals surface area contributed by atoms with E-state index in [1.165, 1.54) is 25.5 Å². The molecule has 3 unspecified atom stereocenters. The van der Waals surface area contributed by atoms with Crippen LogP contribution in [0.3, 0.4) is 0 Å². The number of hydrogen-bond acceptors (Lipinski definition) is 3. The third kappa shape index (κ3) is 5.30. The predicted molar refractivity (Wildman–Crippen MR) is 68.3 cm³/mol. The van der Waals surface area contributed by atoms with Crippen molar-refractivity contribution in [3.05, 3.63) is 0 Å². The summed E-state index contributed by atoms with van der Waals surface area (Å²) in [6.07, 6.45) is 5.87. The molecule has 0 spiro atoms. The van der Waals surface area contributed by atoms with Gasteiger partial charge in [0.15, 0.2) is 0 Å². The summed E-state index contributed by atoms with van der Waals surface area (Å²) in [4.78, 5) is 0. The highest BCUT2D eigenvalue weighted by atomic mass is 32.2. The van der Waals surface area contributed by atoms with Crippen molar-refractivity contribution in [2.75, 3.05) is 18.6 Å². The van der Waals surface area contributed by atoms with Crippen molar-refractivity contribution in [3.8, 4) is 0 Å². The Morgan fingerprint density at radius 3 is 2.50 bits per heavy atom. The summed E-state index contributed by atoms with van der Waals surface area (Å²) >= 11 is 0. The smallest absolute Gasteiger partial charge is 0.147 e. The van der Waals surface area contributed by atoms with Gasteiger partial charge in [0.2, 0.25) is 0 Å². The summed E-state index contributed by atoms with van der Waals surface area (Å²) in [5, 5.41) is 3.50. The van der Waals surface area contributed by atoms with Crippen molar-refractivity contribution >= 4 is 9.84 Å². The Morgan fingerprint density at radius 2 is 1.94 bits per heavy atom. The van der Waals surface area contributed by atoms with Crippen LogP contribution in [0.5, 0.6) is 0 Å². The first-order valence-electron chi connectivity index (χ1n) is 6.29. The molecule has 0 aromatic heterocycles. The third-order valence-electron chi connectivity index (χ3n) is 3.53. The monoisotopic (exact) mass is 247 g/mol. The van der Waals surface area contributed by atoms with Crippen LogP contribution >= 0.6 is 0 Å². The Kier molecular flexibility index (Phi) is 5.25. The summed E-state index contributed by atoms with van der Waals surface area (Å²) in [5.41, 5.74) is 0. The molecule has 0 saturated heterocycles. The molecule has 1 saturated carbocycles. The Labute approximate surface area is 99.9 Å². The first-order chi connectivity index (χ1) is 7.38. The Hall–Kier alpha value is -0.0900. The van der Waals surface area contributed by atoms with Crippen LogP contribution in [0.25, 0.3) is 0 Å². The van der Waals surface area contributed by atoms with Gasteiger partial charge in [-0.15, -0.1) is 0 Å². The first kappa shape index (κ1) is 14.0. The van der Waals surface area contributed by atoms with Crippen molar-refractivity contribution in [2.45, 2.75) is 45.6 Å². The number of nitrogens with one attached hydrogen (secondary N) is 1. The fourth-order valence-electron chi connectivity index (χ4n) is 2.59. The van der Waals surface area contributed by atoms with Gasteiger partial charge in [-0.05, 0) is 44.1 Å². The van der Waals surface area contributed by atoms with Crippen molar-refractivity contribution in [3.63, 3.8) is 0 Å². The lowest BCUT2D eigenvalue weighted by molar-refractivity contribution is 0.229. The van der Waals surface area contributed by atoms with Crippen molar-refractivity contribution < 1.29 is 8.42 Å². The highest BCUT2D eigenvalue weighted by Gasteiger charge is 2.24. The van der Waals surface area contributed by atoms with Crippen LogP contribution in [0.4, 0.5) is 0 Å². The van der Waals surface area contributed by atoms with Gasteiger partial charge >= 0.3 is 0 Å². The minimum atomic E-state index is -2.79. The number of sulfone groups is 1. The van der Waals surface area contributed by atoms with Gasteiger partial charge in [-0.3, -0.25) is 0 Å². The summed E-state index contributed by atoms with van der Waals surface area (Å²) in [6.45, 7) is 5.44. The van der Waals surface area contributed by atoms with Gasteiger partial charge in [0.05, 0.1) is 5.75 Å². The average Bonchev–Trinajstić information content (AvgIpc) is 2.13. The van der Waals surface area contributed by atoms with Crippen molar-refractivity contribution in [1.82, 2.24) is 5.32 Å². The molecule has 1 aliphatic rings. The zero-order valence-electron chi connectivity index (χ0n) is 10.7. The molecule has 3 nitrogen and oxygen atoms in total. The van der Waals surface area contributed by atoms with E-state index in [-0.39, 0.29) is 0 Å². The van der Waals surface area contributed by atoms with E-state index in [2.05, 4.69) is 19.2 Å². The average molecular weight is 247 g/mol. The molecule has 0 heterocycles. The molecule has 3 atom stereocenters. The largest absolute Gasteiger partial charge is 0.314 e. The molecule has 1 rings (SSSR count). The normalized spacial score (nSPS) is 31.6. The lowest BCUT2D eigenvalue weighted by atomic mass is 9.80. The van der Waals surface area contributed by atoms with E-state index in [0.29, 0.717) is 11.8 Å². The number of hydrogen-bond donors (Lipinski definition) is 1. The fraction of sp³-hybridized carbons (Fsp3) is 1.00. The SMILES string of the molecule is CC1CCC(NCCCS(C)(=O)=O)C(C)C1. The van der Waals surface area contributed by atoms with E-state index in [4.69, 9.17) is 0 Å². The molecule has 0 amide bonds. The van der Waals surface area contributed by atoms with E-state index < -0.39 is 9.84 Å². The highest BCUT2D eigenvalue weighted by molar-refractivity contribution is 7.90. The Morgan fingerprint density at radius 1 is 1.25 bits per heavy atom. The van der Waals surface area contributed by atoms with Gasteiger partial charge in [-0.1, -0.05) is 13.8 Å². The van der Waals surface area contributed by atoms with Crippen molar-refractivity contribution in [1.29, 1.82) is 0 Å². The lowest BCUT2D eigenvalue weighted by Crippen LogP contribution is -2.39. The molecule has 0 aromatic carbocycles. The van der Waals surface area contributed by atoms with E-state index in [1.807, 2.05) is 0 Å². The minimum Gasteiger partial charge on any atom is -0.314 e. The van der Waals surface area contributed by atoms with E-state index >= 15 is 0 Å². The molecular formula is C12H25NO2S. The maximum absolute atomic E-state index is 11.0. The van der Waals surface area contributed by atoms with E-state index in [1.54, 1.807) is 0 Å². The minimum absolute atomic E-state index is 0.303. The quantitative estimate of drug-likeness (QED) is 0.754. The third-order valence-corrected chi connectivity index (χ3v) is 4.56. The molecule has 0 bridgehead atoms. The molecule has 1 fully saturated rings. The fourth-order valence-corrected chi connectivity index (χ4v) is 3.26. The summed E-state index contributed by atoms with van der Waals surface area (Å²) in [6, 6.07) is 0.593. The van der Waals surface area contributed by atoms with Crippen molar-refractivity contribution in [2.24, 2.45) is 11.8 Å². The van der Waals surface area contributed by atoms with Gasteiger partial charge in [0.25, 0.3) is 0 Å². The zero-order valence-corrected chi connectivity index (χ0v) is 11.5. The second-order valence-corrected chi connectivity index (χ2v) is 7.70. The summed E-state index contributed by atoms with van der Waals surface area (Å²) in [5.74, 6) is 1.88. The maximum atomic E-state index is 11.0. The Balaban J connectivity index is 2.18. The van der Waals surface area contributed by atoms with Crippen LogP contribution in [0.2, 0.25) is 0 Å². The topological polar surface area (TPSA) is 46.2 Å². The molecule has 96 valence electrons. The van der Waals surface area contributed by atoms with Crippen LogP contribution in [-0.4, -0.2) is 33.0 Å². The van der Waals surface area contributed by atoms with Crippen LogP contribution in [0, 0.1) is 11.8 Å². The van der Waals surface area contributed by atoms with Crippen LogP contribution in [0.15, 0.2) is 0 Å². The van der Waals surface area contributed by atoms with E-state index in [0.717, 1.165) is 24.8 Å². The molecule has 4 heteroatoms. The van der Waals surface area contributed by atoms with E-state index in [9.17, 15) is 8.42 Å². The molecule has 0 radical (unpaired) electrons. The van der Waals surface area contributed by atoms with Crippen LogP contribution in [-0.2, 0) is 9.84 Å². The Bertz CT molecular complexity index is 300. The standard InChI is InChI=1S/C12H25NO2S/c1-10-5-6-12(11(2)9-10)13-7-4-8-16(3,14)15/h10-13H,4-9H2,1-3H3. The zero-order chi connectivity index (χ0) is 12.2. The van der Waals surface area contributed by atoms with Gasteiger partial charge in [0, 0.05) is 12.3 Å². The molecule has 1 aliphatic carbocycles. The van der Waals surface area contributed by atoms with Gasteiger partial charge in [-0.25, -0.2) is 8.42 Å². The first-order valence-corrected chi connectivity index (χ1v) is 8.35. The summed E-state index contributed by atoms with van der Waals surface area (Å²) < 4.78 is 21.9. The predicted octanol–water partition coefficient (Wildman–Crippen LogP) is 1.84. The second kappa shape index (κ2) is 6.01. The molecule has 16 heavy (non-hydrogen) atoms. The molecule has 0 aliphatic heterocycles. The molecule has 0 aromatic rings. The van der Waals surface area contributed by atoms with Gasteiger partial charge in [0.1, 0.15) is 9.84 Å². The second-order valence-electron chi connectivity index (χ2n) is 5.44. The highest BCUT2D eigenvalue weighted by Crippen LogP contribution is 2.28. The lowest BCUT2D eigenvalue weighted by Gasteiger charge is -2.33. The molecule has 1 N–H and O–H groups in total.